The molecule has 0 spiro atoms. The molecular formula is C15H23N3O4. The van der Waals surface area contributed by atoms with Crippen molar-refractivity contribution in [3.05, 3.63) is 33.9 Å². The van der Waals surface area contributed by atoms with Crippen molar-refractivity contribution in [1.82, 2.24) is 5.32 Å². The lowest BCUT2D eigenvalue weighted by Crippen LogP contribution is -2.33. The normalized spacial score (nSPS) is 10.9. The smallest absolute Gasteiger partial charge is 0.407 e. The van der Waals surface area contributed by atoms with Crippen LogP contribution in [0.4, 0.5) is 16.2 Å². The van der Waals surface area contributed by atoms with Gasteiger partial charge >= 0.3 is 6.09 Å². The molecule has 22 heavy (non-hydrogen) atoms. The molecule has 0 aromatic heterocycles. The van der Waals surface area contributed by atoms with Crippen LogP contribution >= 0.6 is 0 Å². The number of nitro groups is 1. The summed E-state index contributed by atoms with van der Waals surface area (Å²) >= 11 is 0. The molecule has 0 fully saturated rings. The Kier molecular flexibility index (Phi) is 6.15. The van der Waals surface area contributed by atoms with E-state index < -0.39 is 16.6 Å². The van der Waals surface area contributed by atoms with Gasteiger partial charge in [0.2, 0.25) is 0 Å². The molecular weight excluding hydrogens is 286 g/mol. The number of nitrogens with one attached hydrogen (secondary N) is 2. The van der Waals surface area contributed by atoms with Crippen LogP contribution < -0.4 is 10.6 Å². The fourth-order valence-electron chi connectivity index (χ4n) is 1.74. The van der Waals surface area contributed by atoms with Crippen LogP contribution in [-0.2, 0) is 4.74 Å². The molecule has 1 aromatic carbocycles. The summed E-state index contributed by atoms with van der Waals surface area (Å²) in [4.78, 5) is 21.9. The first kappa shape index (κ1) is 17.7. The SMILES string of the molecule is Cc1ccc(NCCCNC(=O)OC(C)(C)C)cc1[N+](=O)[O-]. The molecule has 122 valence electrons. The summed E-state index contributed by atoms with van der Waals surface area (Å²) < 4.78 is 5.11. The van der Waals surface area contributed by atoms with Gasteiger partial charge < -0.3 is 15.4 Å². The molecule has 7 nitrogen and oxygen atoms in total. The number of amides is 1. The molecule has 0 aliphatic carbocycles. The summed E-state index contributed by atoms with van der Waals surface area (Å²) in [5.41, 5.74) is 0.900. The standard InChI is InChI=1S/C15H23N3O4/c1-11-6-7-12(10-13(11)18(20)21)16-8-5-9-17-14(19)22-15(2,3)4/h6-7,10,16H,5,8-9H2,1-4H3,(H,17,19). The Hall–Kier alpha value is -2.31. The predicted molar refractivity (Wildman–Crippen MR) is 85.2 cm³/mol. The molecule has 7 heteroatoms. The molecule has 0 saturated heterocycles. The average Bonchev–Trinajstić information content (AvgIpc) is 2.37. The summed E-state index contributed by atoms with van der Waals surface area (Å²) in [7, 11) is 0. The van der Waals surface area contributed by atoms with Gasteiger partial charge in [-0.05, 0) is 40.2 Å². The number of hydrogen-bond acceptors (Lipinski definition) is 5. The van der Waals surface area contributed by atoms with Gasteiger partial charge in [0.05, 0.1) is 4.92 Å². The Bertz CT molecular complexity index is 538. The third-order valence-corrected chi connectivity index (χ3v) is 2.76. The molecule has 0 radical (unpaired) electrons. The van der Waals surface area contributed by atoms with Crippen LogP contribution in [0, 0.1) is 17.0 Å². The number of hydrogen-bond donors (Lipinski definition) is 2. The third kappa shape index (κ3) is 6.43. The van der Waals surface area contributed by atoms with Crippen molar-refractivity contribution in [2.45, 2.75) is 39.7 Å². The van der Waals surface area contributed by atoms with Crippen LogP contribution in [0.25, 0.3) is 0 Å². The van der Waals surface area contributed by atoms with E-state index in [1.807, 2.05) is 0 Å². The van der Waals surface area contributed by atoms with Gasteiger partial charge in [-0.1, -0.05) is 6.07 Å². The molecule has 0 heterocycles. The summed E-state index contributed by atoms with van der Waals surface area (Å²) in [6.07, 6.45) is 0.236. The number of benzene rings is 1. The van der Waals surface area contributed by atoms with Crippen molar-refractivity contribution in [1.29, 1.82) is 0 Å². The van der Waals surface area contributed by atoms with E-state index in [2.05, 4.69) is 10.6 Å². The van der Waals surface area contributed by atoms with Gasteiger partial charge in [0.1, 0.15) is 5.60 Å². The molecule has 0 bridgehead atoms. The minimum Gasteiger partial charge on any atom is -0.444 e. The maximum Gasteiger partial charge on any atom is 0.407 e. The van der Waals surface area contributed by atoms with E-state index in [0.717, 1.165) is 0 Å². The summed E-state index contributed by atoms with van der Waals surface area (Å²) in [5, 5.41) is 16.6. The van der Waals surface area contributed by atoms with E-state index in [1.54, 1.807) is 39.8 Å². The molecule has 0 atom stereocenters. The number of nitrogens with zero attached hydrogens (tertiary/aromatic N) is 1. The van der Waals surface area contributed by atoms with E-state index in [0.29, 0.717) is 30.8 Å². The number of alkyl carbamates (subject to hydrolysis) is 1. The fourth-order valence-corrected chi connectivity index (χ4v) is 1.74. The largest absolute Gasteiger partial charge is 0.444 e. The molecule has 1 aromatic rings. The monoisotopic (exact) mass is 309 g/mol. The van der Waals surface area contributed by atoms with E-state index in [4.69, 9.17) is 4.74 Å². The minimum absolute atomic E-state index is 0.0943. The van der Waals surface area contributed by atoms with Gasteiger partial charge in [0.25, 0.3) is 5.69 Å². The van der Waals surface area contributed by atoms with Gasteiger partial charge in [0.15, 0.2) is 0 Å². The Labute approximate surface area is 130 Å². The lowest BCUT2D eigenvalue weighted by molar-refractivity contribution is -0.385. The van der Waals surface area contributed by atoms with E-state index in [1.165, 1.54) is 6.07 Å². The molecule has 0 aliphatic rings. The Morgan fingerprint density at radius 3 is 2.59 bits per heavy atom. The lowest BCUT2D eigenvalue weighted by Gasteiger charge is -2.19. The van der Waals surface area contributed by atoms with Crippen molar-refractivity contribution in [2.75, 3.05) is 18.4 Å². The van der Waals surface area contributed by atoms with Gasteiger partial charge in [-0.15, -0.1) is 0 Å². The highest BCUT2D eigenvalue weighted by Crippen LogP contribution is 2.22. The van der Waals surface area contributed by atoms with E-state index >= 15 is 0 Å². The van der Waals surface area contributed by atoms with Crippen LogP contribution in [-0.4, -0.2) is 29.7 Å². The number of anilines is 1. The molecule has 2 N–H and O–H groups in total. The second-order valence-electron chi connectivity index (χ2n) is 5.97. The van der Waals surface area contributed by atoms with Gasteiger partial charge in [-0.25, -0.2) is 4.79 Å². The first-order valence-electron chi connectivity index (χ1n) is 7.15. The van der Waals surface area contributed by atoms with Crippen LogP contribution in [0.15, 0.2) is 18.2 Å². The number of aryl methyl sites for hydroxylation is 1. The second kappa shape index (κ2) is 7.63. The van der Waals surface area contributed by atoms with Crippen molar-refractivity contribution < 1.29 is 14.5 Å². The second-order valence-corrected chi connectivity index (χ2v) is 5.97. The zero-order valence-electron chi connectivity index (χ0n) is 13.4. The van der Waals surface area contributed by atoms with Crippen LogP contribution in [0.5, 0.6) is 0 Å². The summed E-state index contributed by atoms with van der Waals surface area (Å²) in [5.74, 6) is 0. The third-order valence-electron chi connectivity index (χ3n) is 2.76. The van der Waals surface area contributed by atoms with E-state index in [9.17, 15) is 14.9 Å². The Balaban J connectivity index is 2.32. The minimum atomic E-state index is -0.511. The average molecular weight is 309 g/mol. The van der Waals surface area contributed by atoms with Crippen LogP contribution in [0.1, 0.15) is 32.8 Å². The topological polar surface area (TPSA) is 93.5 Å². The molecule has 0 unspecified atom stereocenters. The molecule has 1 rings (SSSR count). The summed E-state index contributed by atoms with van der Waals surface area (Å²) in [6, 6.07) is 5.01. The Morgan fingerprint density at radius 1 is 1.32 bits per heavy atom. The number of rotatable bonds is 6. The number of carbonyl (C=O) groups is 1. The van der Waals surface area contributed by atoms with E-state index in [-0.39, 0.29) is 5.69 Å². The van der Waals surface area contributed by atoms with Gasteiger partial charge in [-0.3, -0.25) is 10.1 Å². The maximum absolute atomic E-state index is 11.4. The molecule has 0 saturated carbocycles. The predicted octanol–water partition coefficient (Wildman–Crippen LogP) is 3.23. The van der Waals surface area contributed by atoms with Gasteiger partial charge in [0, 0.05) is 30.4 Å². The molecule has 1 amide bonds. The first-order chi connectivity index (χ1) is 10.2. The Morgan fingerprint density at radius 2 is 2.00 bits per heavy atom. The highest BCUT2D eigenvalue weighted by Gasteiger charge is 2.15. The zero-order chi connectivity index (χ0) is 16.8. The molecule has 0 aliphatic heterocycles. The highest BCUT2D eigenvalue weighted by atomic mass is 16.6. The summed E-state index contributed by atoms with van der Waals surface area (Å²) in [6.45, 7) is 8.17. The lowest BCUT2D eigenvalue weighted by atomic mass is 10.2. The van der Waals surface area contributed by atoms with Crippen molar-refractivity contribution in [3.8, 4) is 0 Å². The van der Waals surface area contributed by atoms with Crippen LogP contribution in [0.3, 0.4) is 0 Å². The quantitative estimate of drug-likeness (QED) is 0.478. The van der Waals surface area contributed by atoms with Crippen molar-refractivity contribution in [2.24, 2.45) is 0 Å². The van der Waals surface area contributed by atoms with Gasteiger partial charge in [-0.2, -0.15) is 0 Å². The zero-order valence-corrected chi connectivity index (χ0v) is 13.4. The highest BCUT2D eigenvalue weighted by molar-refractivity contribution is 5.67. The number of nitro benzene ring substituents is 1. The fraction of sp³-hybridized carbons (Fsp3) is 0.533. The van der Waals surface area contributed by atoms with Crippen LogP contribution in [0.2, 0.25) is 0 Å². The van der Waals surface area contributed by atoms with Crippen molar-refractivity contribution >= 4 is 17.5 Å². The number of carbonyl (C=O) groups excluding carboxylic acids is 1. The number of ether oxygens (including phenoxy) is 1. The van der Waals surface area contributed by atoms with Crippen molar-refractivity contribution in [3.63, 3.8) is 0 Å². The maximum atomic E-state index is 11.4. The first-order valence-corrected chi connectivity index (χ1v) is 7.15.